The Hall–Kier alpha value is -3.66. The number of H-pyrrole nitrogens is 1. The van der Waals surface area contributed by atoms with Crippen LogP contribution in [0, 0.1) is 13.5 Å². The quantitative estimate of drug-likeness (QED) is 0.280. The number of rotatable bonds is 8. The van der Waals surface area contributed by atoms with E-state index in [9.17, 15) is 9.59 Å². The van der Waals surface area contributed by atoms with Crippen molar-refractivity contribution in [2.45, 2.75) is 84.6 Å². The van der Waals surface area contributed by atoms with E-state index in [2.05, 4.69) is 40.1 Å². The standard InChI is InChI=1S/C23H31N9O3S/c1-12-15(24-9)19(36-31-12)28-26-16-17(21(2,3)4)30-32-18(16)27-29-20(32)22(5,6)23(7,8)25-13(33)10-11-14(34)35/h30H,10-11H2,1-8H3,(H,25,33)(H,34,35). The summed E-state index contributed by atoms with van der Waals surface area (Å²) in [6, 6.07) is 0. The van der Waals surface area contributed by atoms with Crippen LogP contribution < -0.4 is 5.32 Å². The van der Waals surface area contributed by atoms with Crippen molar-refractivity contribution in [1.82, 2.24) is 29.5 Å². The molecule has 13 heteroatoms. The average molecular weight is 514 g/mol. The van der Waals surface area contributed by atoms with Gasteiger partial charge in [0, 0.05) is 22.8 Å². The highest BCUT2D eigenvalue weighted by Gasteiger charge is 2.44. The van der Waals surface area contributed by atoms with E-state index in [1.165, 1.54) is 0 Å². The van der Waals surface area contributed by atoms with E-state index < -0.39 is 16.9 Å². The van der Waals surface area contributed by atoms with Crippen molar-refractivity contribution in [3.63, 3.8) is 0 Å². The molecule has 0 fully saturated rings. The number of carboxylic acids is 1. The molecule has 3 aromatic heterocycles. The molecule has 3 aromatic rings. The first-order valence-electron chi connectivity index (χ1n) is 11.4. The molecule has 0 aliphatic rings. The predicted molar refractivity (Wildman–Crippen MR) is 135 cm³/mol. The van der Waals surface area contributed by atoms with E-state index in [1.807, 2.05) is 48.5 Å². The molecule has 3 N–H and O–H groups in total. The minimum atomic E-state index is -1.03. The maximum Gasteiger partial charge on any atom is 0.303 e. The number of aromatic nitrogens is 5. The summed E-state index contributed by atoms with van der Waals surface area (Å²) in [4.78, 5) is 26.8. The molecule has 192 valence electrons. The first-order valence-corrected chi connectivity index (χ1v) is 12.1. The summed E-state index contributed by atoms with van der Waals surface area (Å²) in [5.41, 5.74) is 0.851. The molecule has 0 radical (unpaired) electrons. The maximum absolute atomic E-state index is 12.4. The van der Waals surface area contributed by atoms with Gasteiger partial charge in [0.05, 0.1) is 24.4 Å². The molecule has 0 atom stereocenters. The highest BCUT2D eigenvalue weighted by Crippen LogP contribution is 2.41. The second-order valence-electron chi connectivity index (χ2n) is 10.7. The number of carboxylic acid groups (broad SMARTS) is 1. The monoisotopic (exact) mass is 513 g/mol. The van der Waals surface area contributed by atoms with Gasteiger partial charge in [-0.05, 0) is 32.3 Å². The van der Waals surface area contributed by atoms with E-state index in [-0.39, 0.29) is 24.2 Å². The molecule has 0 unspecified atom stereocenters. The first-order chi connectivity index (χ1) is 16.6. The molecule has 3 heterocycles. The maximum atomic E-state index is 12.4. The smallest absolute Gasteiger partial charge is 0.303 e. The number of nitrogens with zero attached hydrogens (tertiary/aromatic N) is 7. The summed E-state index contributed by atoms with van der Waals surface area (Å²) in [5, 5.41) is 33.2. The molecule has 1 amide bonds. The summed E-state index contributed by atoms with van der Waals surface area (Å²) in [6.07, 6.45) is -0.360. The van der Waals surface area contributed by atoms with Crippen LogP contribution in [0.15, 0.2) is 10.2 Å². The molecule has 12 nitrogen and oxygen atoms in total. The number of fused-ring (bicyclic) bond motifs is 1. The number of aryl methyl sites for hydroxylation is 1. The lowest BCUT2D eigenvalue weighted by Gasteiger charge is -2.40. The predicted octanol–water partition coefficient (Wildman–Crippen LogP) is 5.12. The van der Waals surface area contributed by atoms with Gasteiger partial charge in [-0.3, -0.25) is 14.7 Å². The van der Waals surface area contributed by atoms with Crippen LogP contribution in [0.1, 0.15) is 78.5 Å². The van der Waals surface area contributed by atoms with E-state index >= 15 is 0 Å². The van der Waals surface area contributed by atoms with Crippen LogP contribution in [0.3, 0.4) is 0 Å². The molecule has 0 saturated heterocycles. The number of azo groups is 1. The summed E-state index contributed by atoms with van der Waals surface area (Å²) in [7, 11) is 0. The molecule has 0 aliphatic carbocycles. The van der Waals surface area contributed by atoms with Gasteiger partial charge in [0.1, 0.15) is 0 Å². The fourth-order valence-electron chi connectivity index (χ4n) is 3.55. The fourth-order valence-corrected chi connectivity index (χ4v) is 4.22. The van der Waals surface area contributed by atoms with Crippen molar-refractivity contribution in [2.75, 3.05) is 0 Å². The summed E-state index contributed by atoms with van der Waals surface area (Å²) < 4.78 is 5.94. The third kappa shape index (κ3) is 4.99. The Balaban J connectivity index is 2.07. The van der Waals surface area contributed by atoms with E-state index in [0.717, 1.165) is 17.2 Å². The van der Waals surface area contributed by atoms with Gasteiger partial charge in [-0.2, -0.15) is 0 Å². The van der Waals surface area contributed by atoms with Gasteiger partial charge in [-0.15, -0.1) is 20.4 Å². The molecule has 0 bridgehead atoms. The van der Waals surface area contributed by atoms with Crippen molar-refractivity contribution in [3.8, 4) is 0 Å². The number of aliphatic carboxylic acids is 1. The number of aromatic amines is 1. The van der Waals surface area contributed by atoms with Gasteiger partial charge in [0.25, 0.3) is 0 Å². The number of amides is 1. The summed E-state index contributed by atoms with van der Waals surface area (Å²) in [5.74, 6) is -0.826. The molecule has 3 rings (SSSR count). The Morgan fingerprint density at radius 1 is 1.14 bits per heavy atom. The van der Waals surface area contributed by atoms with Gasteiger partial charge in [0.2, 0.25) is 17.2 Å². The molecular formula is C23H31N9O3S. The van der Waals surface area contributed by atoms with Crippen molar-refractivity contribution in [2.24, 2.45) is 10.2 Å². The highest BCUT2D eigenvalue weighted by atomic mass is 32.1. The average Bonchev–Trinajstić information content (AvgIpc) is 3.43. The lowest BCUT2D eigenvalue weighted by Crippen LogP contribution is -2.56. The molecule has 0 aliphatic heterocycles. The van der Waals surface area contributed by atoms with E-state index in [4.69, 9.17) is 11.7 Å². The van der Waals surface area contributed by atoms with Crippen LogP contribution >= 0.6 is 11.5 Å². The lowest BCUT2D eigenvalue weighted by molar-refractivity contribution is -0.139. The number of hydrogen-bond acceptors (Lipinski definition) is 8. The second-order valence-corrected chi connectivity index (χ2v) is 11.4. The van der Waals surface area contributed by atoms with Crippen LogP contribution in [0.2, 0.25) is 0 Å². The van der Waals surface area contributed by atoms with Gasteiger partial charge in [0.15, 0.2) is 16.5 Å². The number of carbonyl (C=O) groups is 2. The minimum Gasteiger partial charge on any atom is -0.481 e. The molecular weight excluding hydrogens is 482 g/mol. The molecule has 36 heavy (non-hydrogen) atoms. The largest absolute Gasteiger partial charge is 0.481 e. The van der Waals surface area contributed by atoms with Crippen LogP contribution in [-0.2, 0) is 20.4 Å². The zero-order valence-electron chi connectivity index (χ0n) is 21.7. The number of hydrogen-bond donors (Lipinski definition) is 3. The Kier molecular flexibility index (Phi) is 7.05. The van der Waals surface area contributed by atoms with E-state index in [0.29, 0.717) is 33.5 Å². The summed E-state index contributed by atoms with van der Waals surface area (Å²) >= 11 is 1.11. The van der Waals surface area contributed by atoms with E-state index in [1.54, 1.807) is 11.4 Å². The Morgan fingerprint density at radius 3 is 2.39 bits per heavy atom. The Morgan fingerprint density at radius 2 is 1.81 bits per heavy atom. The molecule has 0 saturated carbocycles. The van der Waals surface area contributed by atoms with Crippen molar-refractivity contribution in [3.05, 3.63) is 28.6 Å². The molecule has 0 spiro atoms. The third-order valence-corrected chi connectivity index (χ3v) is 7.20. The van der Waals surface area contributed by atoms with Crippen molar-refractivity contribution in [1.29, 1.82) is 0 Å². The van der Waals surface area contributed by atoms with Crippen molar-refractivity contribution >= 4 is 45.4 Å². The minimum absolute atomic E-state index is 0.116. The van der Waals surface area contributed by atoms with Gasteiger partial charge in [-0.1, -0.05) is 34.6 Å². The van der Waals surface area contributed by atoms with Gasteiger partial charge in [-0.25, -0.2) is 13.7 Å². The van der Waals surface area contributed by atoms with Crippen molar-refractivity contribution < 1.29 is 14.7 Å². The van der Waals surface area contributed by atoms with Gasteiger partial charge < -0.3 is 10.4 Å². The normalized spacial score (nSPS) is 12.9. The highest BCUT2D eigenvalue weighted by molar-refractivity contribution is 7.10. The zero-order valence-corrected chi connectivity index (χ0v) is 22.5. The topological polar surface area (TPSA) is 154 Å². The number of carbonyl (C=O) groups excluding carboxylic acids is 1. The van der Waals surface area contributed by atoms with Crippen LogP contribution in [0.5, 0.6) is 0 Å². The molecule has 0 aromatic carbocycles. The lowest BCUT2D eigenvalue weighted by atomic mass is 9.73. The third-order valence-electron chi connectivity index (χ3n) is 6.39. The Bertz CT molecular complexity index is 1380. The number of nitrogens with one attached hydrogen (secondary N) is 2. The van der Waals surface area contributed by atoms with Crippen LogP contribution in [0.25, 0.3) is 10.5 Å². The zero-order chi connectivity index (χ0) is 27.1. The fraction of sp³-hybridized carbons (Fsp3) is 0.565. The second kappa shape index (κ2) is 9.42. The SMILES string of the molecule is [C-]#[N+]c1c(C)nsc1N=Nc1c(C(C)(C)C)[nH]n2c(C(C)(C)C(C)(C)NC(=O)CCC(=O)O)nnc12. The van der Waals surface area contributed by atoms with Crippen LogP contribution in [-0.4, -0.2) is 46.7 Å². The Labute approximate surface area is 213 Å². The van der Waals surface area contributed by atoms with Crippen LogP contribution in [0.4, 0.5) is 16.4 Å². The first kappa shape index (κ1) is 26.9. The summed E-state index contributed by atoms with van der Waals surface area (Å²) in [6.45, 7) is 22.8. The van der Waals surface area contributed by atoms with Gasteiger partial charge >= 0.3 is 5.97 Å².